The Labute approximate surface area is 201 Å². The quantitative estimate of drug-likeness (QED) is 0.582. The molecule has 1 aromatic carbocycles. The zero-order valence-electron chi connectivity index (χ0n) is 20.0. The molecule has 0 radical (unpaired) electrons. The Morgan fingerprint density at radius 1 is 1.26 bits per heavy atom. The van der Waals surface area contributed by atoms with Gasteiger partial charge in [-0.05, 0) is 63.6 Å². The topological polar surface area (TPSA) is 93.5 Å². The van der Waals surface area contributed by atoms with Gasteiger partial charge in [-0.15, -0.1) is 6.58 Å². The first kappa shape index (κ1) is 22.2. The van der Waals surface area contributed by atoms with Crippen molar-refractivity contribution in [2.75, 3.05) is 13.1 Å². The summed E-state index contributed by atoms with van der Waals surface area (Å²) in [6.07, 6.45) is 7.78. The van der Waals surface area contributed by atoms with Crippen LogP contribution in [0.15, 0.2) is 24.8 Å². The van der Waals surface area contributed by atoms with Gasteiger partial charge >= 0.3 is 6.09 Å². The standard InChI is InChI=1S/C27H36N2O5/c1-3-14-28-15-13-26-21-17-7-8-19(30)22(21)34-23(26)18(9-12-27(26,33)20(28)16-17)29(24(31)32)25(2)10-5-4-6-11-25/h3,7-8,18,20,23,30,33H,1,4-6,9-16H2,2H3,(H,31,32)/t18-,20-,23+,26+,27-/m1/s1. The van der Waals surface area contributed by atoms with Gasteiger partial charge in [-0.25, -0.2) is 4.79 Å². The van der Waals surface area contributed by atoms with E-state index in [1.165, 1.54) is 0 Å². The molecule has 1 spiro atoms. The number of carboxylic acid groups (broad SMARTS) is 1. The Balaban J connectivity index is 1.51. The summed E-state index contributed by atoms with van der Waals surface area (Å²) in [5, 5.41) is 33.8. The lowest BCUT2D eigenvalue weighted by Crippen LogP contribution is -2.79. The first-order chi connectivity index (χ1) is 16.3. The number of aliphatic hydroxyl groups is 1. The SMILES string of the molecule is C=CCN1CC[C@]23c4c5ccc(O)c4O[C@H]2[C@H](N(C(=O)O)C2(C)CCCCC2)CC[C@@]3(O)[C@H]1C5. The van der Waals surface area contributed by atoms with Crippen molar-refractivity contribution in [2.24, 2.45) is 0 Å². The van der Waals surface area contributed by atoms with Crippen LogP contribution in [0.4, 0.5) is 4.79 Å². The number of rotatable bonds is 4. The lowest BCUT2D eigenvalue weighted by molar-refractivity contribution is -0.201. The van der Waals surface area contributed by atoms with Gasteiger partial charge in [0.15, 0.2) is 11.5 Å². The Bertz CT molecular complexity index is 1040. The number of ether oxygens (including phenoxy) is 1. The molecule has 5 atom stereocenters. The molecule has 1 saturated heterocycles. The number of hydrogen-bond acceptors (Lipinski definition) is 5. The summed E-state index contributed by atoms with van der Waals surface area (Å²) in [7, 11) is 0. The van der Waals surface area contributed by atoms with E-state index in [1.54, 1.807) is 11.0 Å². The average molecular weight is 469 g/mol. The van der Waals surface area contributed by atoms with Crippen molar-refractivity contribution < 1.29 is 24.9 Å². The van der Waals surface area contributed by atoms with E-state index in [0.29, 0.717) is 38.0 Å². The molecule has 2 aliphatic heterocycles. The van der Waals surface area contributed by atoms with Crippen LogP contribution in [-0.2, 0) is 11.8 Å². The van der Waals surface area contributed by atoms with E-state index in [-0.39, 0.29) is 17.8 Å². The molecule has 0 aromatic heterocycles. The van der Waals surface area contributed by atoms with Gasteiger partial charge in [-0.2, -0.15) is 0 Å². The van der Waals surface area contributed by atoms with Gasteiger partial charge in [-0.1, -0.05) is 31.4 Å². The number of likely N-dealkylation sites (tertiary alicyclic amines) is 1. The number of phenolic OH excluding ortho intramolecular Hbond substituents is 1. The Hall–Kier alpha value is -2.25. The normalized spacial score (nSPS) is 37.4. The van der Waals surface area contributed by atoms with Gasteiger partial charge in [-0.3, -0.25) is 9.80 Å². The molecule has 2 bridgehead atoms. The molecule has 7 nitrogen and oxygen atoms in total. The maximum Gasteiger partial charge on any atom is 0.408 e. The second kappa shape index (κ2) is 7.37. The van der Waals surface area contributed by atoms with E-state index in [0.717, 1.165) is 49.8 Å². The van der Waals surface area contributed by atoms with Crippen LogP contribution in [0.1, 0.15) is 69.4 Å². The molecule has 6 rings (SSSR count). The van der Waals surface area contributed by atoms with Gasteiger partial charge < -0.3 is 20.1 Å². The van der Waals surface area contributed by atoms with Crippen molar-refractivity contribution in [1.29, 1.82) is 0 Å². The maximum absolute atomic E-state index is 12.8. The fourth-order valence-electron chi connectivity index (χ4n) is 8.58. The zero-order valence-corrected chi connectivity index (χ0v) is 20.0. The molecule has 1 aromatic rings. The Kier molecular flexibility index (Phi) is 4.82. The van der Waals surface area contributed by atoms with Crippen LogP contribution in [0.5, 0.6) is 11.5 Å². The summed E-state index contributed by atoms with van der Waals surface area (Å²) in [5.74, 6) is 0.545. The van der Waals surface area contributed by atoms with Crippen molar-refractivity contribution in [3.63, 3.8) is 0 Å². The predicted octanol–water partition coefficient (Wildman–Crippen LogP) is 3.80. The summed E-state index contributed by atoms with van der Waals surface area (Å²) < 4.78 is 6.60. The molecular weight excluding hydrogens is 432 g/mol. The van der Waals surface area contributed by atoms with E-state index >= 15 is 0 Å². The first-order valence-electron chi connectivity index (χ1n) is 12.9. The molecule has 2 saturated carbocycles. The van der Waals surface area contributed by atoms with Gasteiger partial charge in [0.05, 0.1) is 17.1 Å². The monoisotopic (exact) mass is 468 g/mol. The van der Waals surface area contributed by atoms with Crippen molar-refractivity contribution >= 4 is 6.09 Å². The molecule has 3 aliphatic carbocycles. The smallest absolute Gasteiger partial charge is 0.408 e. The van der Waals surface area contributed by atoms with E-state index < -0.39 is 28.8 Å². The summed E-state index contributed by atoms with van der Waals surface area (Å²) in [6, 6.07) is 3.20. The van der Waals surface area contributed by atoms with Crippen molar-refractivity contribution in [1.82, 2.24) is 9.80 Å². The number of benzene rings is 1. The number of hydrogen-bond donors (Lipinski definition) is 3. The highest BCUT2D eigenvalue weighted by Crippen LogP contribution is 2.66. The van der Waals surface area contributed by atoms with Crippen molar-refractivity contribution in [3.8, 4) is 11.5 Å². The highest BCUT2D eigenvalue weighted by molar-refractivity contribution is 5.68. The highest BCUT2D eigenvalue weighted by Gasteiger charge is 2.74. The predicted molar refractivity (Wildman–Crippen MR) is 127 cm³/mol. The lowest BCUT2D eigenvalue weighted by Gasteiger charge is -2.65. The zero-order chi connectivity index (χ0) is 23.9. The van der Waals surface area contributed by atoms with Gasteiger partial charge in [0.1, 0.15) is 6.10 Å². The Morgan fingerprint density at radius 2 is 2.03 bits per heavy atom. The second-order valence-corrected chi connectivity index (χ2v) is 11.5. The van der Waals surface area contributed by atoms with E-state index in [2.05, 4.69) is 18.4 Å². The summed E-state index contributed by atoms with van der Waals surface area (Å²) >= 11 is 0. The maximum atomic E-state index is 12.8. The van der Waals surface area contributed by atoms with Crippen LogP contribution < -0.4 is 4.74 Å². The minimum Gasteiger partial charge on any atom is -0.504 e. The van der Waals surface area contributed by atoms with Gasteiger partial charge in [0.25, 0.3) is 0 Å². The molecule has 3 N–H and O–H groups in total. The van der Waals surface area contributed by atoms with Gasteiger partial charge in [0, 0.05) is 23.7 Å². The van der Waals surface area contributed by atoms with Crippen LogP contribution in [0.2, 0.25) is 0 Å². The Morgan fingerprint density at radius 3 is 2.74 bits per heavy atom. The third-order valence-corrected chi connectivity index (χ3v) is 9.96. The van der Waals surface area contributed by atoms with Crippen molar-refractivity contribution in [2.45, 2.75) is 99.5 Å². The fraction of sp³-hybridized carbons (Fsp3) is 0.667. The van der Waals surface area contributed by atoms with Gasteiger partial charge in [0.2, 0.25) is 0 Å². The van der Waals surface area contributed by atoms with E-state index in [1.807, 2.05) is 12.1 Å². The van der Waals surface area contributed by atoms with Crippen molar-refractivity contribution in [3.05, 3.63) is 35.9 Å². The molecule has 2 heterocycles. The largest absolute Gasteiger partial charge is 0.504 e. The van der Waals surface area contributed by atoms with Crippen LogP contribution in [0.25, 0.3) is 0 Å². The van der Waals surface area contributed by atoms with Crippen LogP contribution in [-0.4, -0.2) is 73.6 Å². The second-order valence-electron chi connectivity index (χ2n) is 11.5. The molecule has 1 amide bonds. The number of phenols is 1. The molecule has 184 valence electrons. The summed E-state index contributed by atoms with van der Waals surface area (Å²) in [6.45, 7) is 7.50. The minimum atomic E-state index is -1.04. The number of aromatic hydroxyl groups is 1. The molecule has 7 heteroatoms. The average Bonchev–Trinajstić information content (AvgIpc) is 3.15. The first-order valence-corrected chi connectivity index (χ1v) is 12.9. The van der Waals surface area contributed by atoms with E-state index in [9.17, 15) is 20.1 Å². The fourth-order valence-corrected chi connectivity index (χ4v) is 8.58. The number of nitrogens with zero attached hydrogens (tertiary/aromatic N) is 2. The van der Waals surface area contributed by atoms with Crippen LogP contribution in [0.3, 0.4) is 0 Å². The highest BCUT2D eigenvalue weighted by atomic mass is 16.5. The van der Waals surface area contributed by atoms with E-state index in [4.69, 9.17) is 4.74 Å². The third-order valence-electron chi connectivity index (χ3n) is 9.96. The number of carbonyl (C=O) groups is 1. The third kappa shape index (κ3) is 2.63. The molecular formula is C27H36N2O5. The molecule has 3 fully saturated rings. The minimum absolute atomic E-state index is 0.0846. The molecule has 0 unspecified atom stereocenters. The summed E-state index contributed by atoms with van der Waals surface area (Å²) in [4.78, 5) is 16.8. The van der Waals surface area contributed by atoms with Crippen LogP contribution >= 0.6 is 0 Å². The van der Waals surface area contributed by atoms with Crippen LogP contribution in [0, 0.1) is 0 Å². The molecule has 34 heavy (non-hydrogen) atoms. The number of piperidine rings is 1. The lowest BCUT2D eigenvalue weighted by atomic mass is 9.48. The molecule has 5 aliphatic rings. The summed E-state index contributed by atoms with van der Waals surface area (Å²) in [5.41, 5.74) is -0.178. The number of amides is 1.